The minimum atomic E-state index is -4.45. The molecule has 1 amide bonds. The third-order valence-electron chi connectivity index (χ3n) is 3.65. The zero-order valence-corrected chi connectivity index (χ0v) is 15.1. The Hall–Kier alpha value is -1.91. The summed E-state index contributed by atoms with van der Waals surface area (Å²) in [4.78, 5) is 17.8. The molecule has 26 heavy (non-hydrogen) atoms. The van der Waals surface area contributed by atoms with E-state index in [2.05, 4.69) is 20.6 Å². The number of hydrogen-bond acceptors (Lipinski definition) is 5. The van der Waals surface area contributed by atoms with Crippen molar-refractivity contribution in [1.29, 1.82) is 0 Å². The molecule has 144 valence electrons. The number of nitrogens with zero attached hydrogens (tertiary/aromatic N) is 5. The first-order valence-corrected chi connectivity index (χ1v) is 7.41. The fraction of sp³-hybridized carbons (Fsp3) is 0.429. The molecule has 0 saturated carbocycles. The summed E-state index contributed by atoms with van der Waals surface area (Å²) in [5.41, 5.74) is -0.710. The summed E-state index contributed by atoms with van der Waals surface area (Å²) in [5, 5.41) is 10.8. The summed E-state index contributed by atoms with van der Waals surface area (Å²) >= 11 is 0. The molecule has 2 aromatic rings. The van der Waals surface area contributed by atoms with Crippen LogP contribution in [0.2, 0.25) is 0 Å². The first kappa shape index (κ1) is 22.1. The van der Waals surface area contributed by atoms with Crippen LogP contribution in [-0.4, -0.2) is 57.0 Å². The third-order valence-corrected chi connectivity index (χ3v) is 3.65. The minimum Gasteiger partial charge on any atom is -0.336 e. The Bertz CT molecular complexity index is 714. The van der Waals surface area contributed by atoms with Gasteiger partial charge in [-0.3, -0.25) is 4.79 Å². The lowest BCUT2D eigenvalue weighted by atomic mass is 10.3. The lowest BCUT2D eigenvalue weighted by Crippen LogP contribution is -2.34. The maximum absolute atomic E-state index is 12.5. The second kappa shape index (κ2) is 9.15. The molecule has 1 N–H and O–H groups in total. The number of carbonyl (C=O) groups is 1. The van der Waals surface area contributed by atoms with Gasteiger partial charge in [-0.05, 0) is 25.1 Å². The van der Waals surface area contributed by atoms with E-state index in [1.807, 2.05) is 0 Å². The molecule has 1 fully saturated rings. The minimum absolute atomic E-state index is 0. The Labute approximate surface area is 159 Å². The molecule has 12 heteroatoms. The molecule has 0 bridgehead atoms. The second-order valence-corrected chi connectivity index (χ2v) is 5.35. The Balaban J connectivity index is 0.00000169. The summed E-state index contributed by atoms with van der Waals surface area (Å²) < 4.78 is 38.8. The molecule has 7 nitrogen and oxygen atoms in total. The van der Waals surface area contributed by atoms with E-state index in [1.165, 1.54) is 16.9 Å². The van der Waals surface area contributed by atoms with Crippen molar-refractivity contribution in [2.24, 2.45) is 0 Å². The van der Waals surface area contributed by atoms with Crippen molar-refractivity contribution in [1.82, 2.24) is 30.2 Å². The fourth-order valence-electron chi connectivity index (χ4n) is 2.37. The van der Waals surface area contributed by atoms with Gasteiger partial charge in [-0.2, -0.15) is 13.2 Å². The van der Waals surface area contributed by atoms with Gasteiger partial charge in [0.15, 0.2) is 11.5 Å². The molecule has 1 aliphatic heterocycles. The number of pyridine rings is 1. The molecule has 0 aliphatic carbocycles. The third kappa shape index (κ3) is 5.05. The van der Waals surface area contributed by atoms with Gasteiger partial charge in [0, 0.05) is 25.8 Å². The molecule has 0 spiro atoms. The highest BCUT2D eigenvalue weighted by atomic mass is 35.5. The Kier molecular flexibility index (Phi) is 7.79. The number of carbonyl (C=O) groups excluding carboxylic acids is 1. The highest BCUT2D eigenvalue weighted by Crippen LogP contribution is 2.28. The van der Waals surface area contributed by atoms with Crippen LogP contribution in [0, 0.1) is 0 Å². The number of alkyl halides is 3. The van der Waals surface area contributed by atoms with E-state index in [4.69, 9.17) is 0 Å². The predicted octanol–water partition coefficient (Wildman–Crippen LogP) is 1.96. The number of rotatable bonds is 2. The molecule has 1 aliphatic rings. The van der Waals surface area contributed by atoms with Gasteiger partial charge in [0.2, 0.25) is 0 Å². The Morgan fingerprint density at radius 1 is 1.15 bits per heavy atom. The van der Waals surface area contributed by atoms with Gasteiger partial charge in [0.25, 0.3) is 5.91 Å². The quantitative estimate of drug-likeness (QED) is 0.815. The zero-order valence-electron chi connectivity index (χ0n) is 13.4. The SMILES string of the molecule is Cl.Cl.O=C(c1cn(-c2ccc(C(F)(F)F)cn2)nn1)N1CCCNCC1. The van der Waals surface area contributed by atoms with Gasteiger partial charge in [0.05, 0.1) is 11.8 Å². The molecule has 3 heterocycles. The lowest BCUT2D eigenvalue weighted by Gasteiger charge is -2.17. The molecule has 0 atom stereocenters. The number of halogens is 5. The van der Waals surface area contributed by atoms with Crippen LogP contribution in [0.25, 0.3) is 5.82 Å². The Morgan fingerprint density at radius 3 is 2.58 bits per heavy atom. The van der Waals surface area contributed by atoms with Gasteiger partial charge < -0.3 is 10.2 Å². The van der Waals surface area contributed by atoms with Crippen LogP contribution in [0.3, 0.4) is 0 Å². The number of hydrogen-bond donors (Lipinski definition) is 1. The van der Waals surface area contributed by atoms with Gasteiger partial charge in [0.1, 0.15) is 0 Å². The molecule has 2 aromatic heterocycles. The first-order chi connectivity index (χ1) is 11.4. The van der Waals surface area contributed by atoms with Crippen LogP contribution in [0.1, 0.15) is 22.5 Å². The number of aromatic nitrogens is 4. The summed E-state index contributed by atoms with van der Waals surface area (Å²) in [6.07, 6.45) is -1.51. The van der Waals surface area contributed by atoms with E-state index in [9.17, 15) is 18.0 Å². The second-order valence-electron chi connectivity index (χ2n) is 5.35. The number of nitrogens with one attached hydrogen (secondary N) is 1. The van der Waals surface area contributed by atoms with Gasteiger partial charge in [-0.15, -0.1) is 29.9 Å². The highest BCUT2D eigenvalue weighted by molar-refractivity contribution is 5.92. The smallest absolute Gasteiger partial charge is 0.336 e. The van der Waals surface area contributed by atoms with E-state index >= 15 is 0 Å². The van der Waals surface area contributed by atoms with Crippen molar-refractivity contribution in [3.05, 3.63) is 35.8 Å². The average molecular weight is 413 g/mol. The average Bonchev–Trinajstić information content (AvgIpc) is 2.89. The zero-order chi connectivity index (χ0) is 17.2. The van der Waals surface area contributed by atoms with Crippen molar-refractivity contribution in [2.75, 3.05) is 26.2 Å². The summed E-state index contributed by atoms with van der Waals surface area (Å²) in [6.45, 7) is 2.76. The van der Waals surface area contributed by atoms with Gasteiger partial charge in [-0.25, -0.2) is 9.67 Å². The van der Waals surface area contributed by atoms with E-state index < -0.39 is 11.7 Å². The predicted molar refractivity (Wildman–Crippen MR) is 92.0 cm³/mol. The maximum Gasteiger partial charge on any atom is 0.417 e. The van der Waals surface area contributed by atoms with Crippen molar-refractivity contribution in [3.63, 3.8) is 0 Å². The van der Waals surface area contributed by atoms with Crippen molar-refractivity contribution >= 4 is 30.7 Å². The van der Waals surface area contributed by atoms with E-state index in [1.54, 1.807) is 4.90 Å². The first-order valence-electron chi connectivity index (χ1n) is 7.41. The molecule has 1 saturated heterocycles. The van der Waals surface area contributed by atoms with Crippen LogP contribution in [0.5, 0.6) is 0 Å². The normalized spacial score (nSPS) is 14.8. The van der Waals surface area contributed by atoms with Crippen LogP contribution in [0.15, 0.2) is 24.5 Å². The molecule has 0 radical (unpaired) electrons. The summed E-state index contributed by atoms with van der Waals surface area (Å²) in [5.74, 6) is -0.0936. The van der Waals surface area contributed by atoms with Crippen molar-refractivity contribution in [2.45, 2.75) is 12.6 Å². The van der Waals surface area contributed by atoms with Crippen LogP contribution < -0.4 is 5.32 Å². The largest absolute Gasteiger partial charge is 0.417 e. The van der Waals surface area contributed by atoms with Crippen LogP contribution >= 0.6 is 24.8 Å². The topological polar surface area (TPSA) is 75.9 Å². The van der Waals surface area contributed by atoms with E-state index in [0.717, 1.165) is 25.2 Å². The number of amides is 1. The van der Waals surface area contributed by atoms with Crippen LogP contribution in [-0.2, 0) is 6.18 Å². The molecule has 3 rings (SSSR count). The fourth-order valence-corrected chi connectivity index (χ4v) is 2.37. The highest BCUT2D eigenvalue weighted by Gasteiger charge is 2.30. The standard InChI is InChI=1S/C14H15F3N6O.2ClH/c15-14(16,17)10-2-3-12(19-8-10)23-9-11(20-21-23)13(24)22-6-1-4-18-5-7-22;;/h2-3,8-9,18H,1,4-7H2;2*1H. The monoisotopic (exact) mass is 412 g/mol. The molecule has 0 unspecified atom stereocenters. The molecule has 0 aromatic carbocycles. The summed E-state index contributed by atoms with van der Waals surface area (Å²) in [6, 6.07) is 2.09. The van der Waals surface area contributed by atoms with Crippen molar-refractivity contribution in [3.8, 4) is 5.82 Å². The molecular weight excluding hydrogens is 396 g/mol. The van der Waals surface area contributed by atoms with E-state index in [-0.39, 0.29) is 42.2 Å². The van der Waals surface area contributed by atoms with Crippen molar-refractivity contribution < 1.29 is 18.0 Å². The summed E-state index contributed by atoms with van der Waals surface area (Å²) in [7, 11) is 0. The van der Waals surface area contributed by atoms with Gasteiger partial charge >= 0.3 is 6.18 Å². The maximum atomic E-state index is 12.5. The lowest BCUT2D eigenvalue weighted by molar-refractivity contribution is -0.137. The van der Waals surface area contributed by atoms with Crippen LogP contribution in [0.4, 0.5) is 13.2 Å². The van der Waals surface area contributed by atoms with Gasteiger partial charge in [-0.1, -0.05) is 5.21 Å². The molecular formula is C14H17Cl2F3N6O. The Morgan fingerprint density at radius 2 is 1.92 bits per heavy atom. The van der Waals surface area contributed by atoms with E-state index in [0.29, 0.717) is 19.6 Å².